The summed E-state index contributed by atoms with van der Waals surface area (Å²) in [5.74, 6) is 5.28. The largest absolute Gasteiger partial charge is 0.363 e. The van der Waals surface area contributed by atoms with Crippen LogP contribution in [0.25, 0.3) is 0 Å². The van der Waals surface area contributed by atoms with Crippen LogP contribution in [0.1, 0.15) is 146 Å². The molecule has 1 atom stereocenters. The number of amidine groups is 1. The van der Waals surface area contributed by atoms with Crippen molar-refractivity contribution in [2.24, 2.45) is 47.3 Å². The minimum absolute atomic E-state index is 0.00639. The van der Waals surface area contributed by atoms with Gasteiger partial charge in [-0.15, -0.1) is 0 Å². The van der Waals surface area contributed by atoms with Crippen LogP contribution >= 0.6 is 0 Å². The molecule has 0 saturated carbocycles. The summed E-state index contributed by atoms with van der Waals surface area (Å²) in [6.45, 7) is 55.2. The lowest BCUT2D eigenvalue weighted by atomic mass is 9.93. The van der Waals surface area contributed by atoms with Gasteiger partial charge in [-0.25, -0.2) is 19.0 Å². The van der Waals surface area contributed by atoms with E-state index in [1.54, 1.807) is 47.1 Å². The van der Waals surface area contributed by atoms with Crippen molar-refractivity contribution in [3.63, 3.8) is 0 Å². The van der Waals surface area contributed by atoms with Crippen LogP contribution in [0.4, 0.5) is 0 Å². The van der Waals surface area contributed by atoms with Crippen LogP contribution in [-0.4, -0.2) is 178 Å². The third-order valence-corrected chi connectivity index (χ3v) is 19.7. The molecule has 1 unspecified atom stereocenters. The van der Waals surface area contributed by atoms with Gasteiger partial charge in [0.1, 0.15) is 29.1 Å². The van der Waals surface area contributed by atoms with E-state index in [4.69, 9.17) is 0 Å². The maximum Gasteiger partial charge on any atom is 0.363 e. The number of likely N-dealkylation sites (N-methyl/N-ethyl adjacent to an activating group) is 2. The lowest BCUT2D eigenvalue weighted by Gasteiger charge is -2.41. The molecule has 0 N–H and O–H groups in total. The number of hydrogen-bond donors (Lipinski definition) is 0. The second-order valence-corrected chi connectivity index (χ2v) is 25.5. The number of rotatable bonds is 0. The summed E-state index contributed by atoms with van der Waals surface area (Å²) in [6, 6.07) is 0.480. The molecule has 0 radical (unpaired) electrons. The van der Waals surface area contributed by atoms with Gasteiger partial charge >= 0.3 is 11.4 Å². The van der Waals surface area contributed by atoms with E-state index in [2.05, 4.69) is 182 Å². The van der Waals surface area contributed by atoms with Crippen LogP contribution in [0.2, 0.25) is 0 Å². The topological polar surface area (TPSA) is 213 Å². The number of carbonyl (C=O) groups is 1. The minimum Gasteiger partial charge on any atom is -0.355 e. The van der Waals surface area contributed by atoms with Crippen molar-refractivity contribution in [2.75, 3.05) is 61.4 Å². The molecule has 5 aromatic rings. The summed E-state index contributed by atoms with van der Waals surface area (Å²) in [7, 11) is 19.9. The Bertz CT molecular complexity index is 3830. The van der Waals surface area contributed by atoms with E-state index in [9.17, 15) is 19.2 Å². The molecular weight excluding hydrogens is 1210 g/mol. The Morgan fingerprint density at radius 3 is 1.30 bits per heavy atom. The number of aliphatic imine (C=N–C) groups is 1. The fourth-order valence-corrected chi connectivity index (χ4v) is 11.4. The van der Waals surface area contributed by atoms with Crippen LogP contribution in [0.3, 0.4) is 0 Å². The zero-order valence-corrected chi connectivity index (χ0v) is 63.3. The number of tetrazole rings is 1. The van der Waals surface area contributed by atoms with E-state index in [-0.39, 0.29) is 22.8 Å². The van der Waals surface area contributed by atoms with Crippen molar-refractivity contribution in [2.45, 2.75) is 168 Å². The van der Waals surface area contributed by atoms with Gasteiger partial charge in [0, 0.05) is 155 Å². The van der Waals surface area contributed by atoms with E-state index in [1.807, 2.05) is 65.5 Å². The van der Waals surface area contributed by atoms with Gasteiger partial charge in [0.25, 0.3) is 11.5 Å². The molecule has 96 heavy (non-hydrogen) atoms. The average molecular weight is 1330 g/mol. The number of carbonyl (C=O) groups excluding carboxylic acids is 1. The number of hydrazine groups is 2. The molecule has 528 valence electrons. The molecule has 7 aliphatic rings. The molecule has 4 saturated heterocycles. The molecule has 0 spiro atoms. The molecule has 4 fully saturated rings. The lowest BCUT2D eigenvalue weighted by molar-refractivity contribution is -0.123. The molecule has 1 aliphatic carbocycles. The van der Waals surface area contributed by atoms with Crippen molar-refractivity contribution in [1.29, 1.82) is 0 Å². The third kappa shape index (κ3) is 18.7. The summed E-state index contributed by atoms with van der Waals surface area (Å²) in [5, 5.41) is 28.0. The van der Waals surface area contributed by atoms with Gasteiger partial charge in [0.15, 0.2) is 0 Å². The molecule has 25 nitrogen and oxygen atoms in total. The SMILES string of the molecule is C=C1C2=C(CCCC2)C(=O)N1C.C=C1CC(=NC)N2CCCCN12.C=C1N(C)C(=C)N2CCCCN12.C=C1N(C)C(C)=C(C)C(C)N1C.Cc1nc(C)c(C)c(C)c1C.Cc1nn(C)c(=O)c(C)c1C.Cc1nn(C)c(=O)n1C.Cc1nn(C)c(C)c1C.Cn1nnn(C)c1=O. The Hall–Kier alpha value is -9.03. The Kier molecular flexibility index (Phi) is 28.6. The first-order valence-corrected chi connectivity index (χ1v) is 33.0. The van der Waals surface area contributed by atoms with Crippen LogP contribution in [0, 0.1) is 83.1 Å². The highest BCUT2D eigenvalue weighted by Crippen LogP contribution is 2.37. The average Bonchev–Trinajstić information content (AvgIpc) is 1.60. The number of aryl methyl sites for hydroxylation is 10. The van der Waals surface area contributed by atoms with E-state index in [1.165, 1.54) is 112 Å². The highest BCUT2D eigenvalue weighted by molar-refractivity contribution is 6.00. The van der Waals surface area contributed by atoms with Gasteiger partial charge in [0.05, 0.1) is 17.4 Å². The van der Waals surface area contributed by atoms with E-state index in [0.29, 0.717) is 6.04 Å². The van der Waals surface area contributed by atoms with E-state index >= 15 is 0 Å². The van der Waals surface area contributed by atoms with Gasteiger partial charge in [-0.1, -0.05) is 32.9 Å². The Morgan fingerprint density at radius 2 is 0.906 bits per heavy atom. The molecule has 11 heterocycles. The number of aromatic nitrogens is 12. The Balaban J connectivity index is 0.000000230. The second kappa shape index (κ2) is 34.6. The lowest BCUT2D eigenvalue weighted by Crippen LogP contribution is -2.43. The van der Waals surface area contributed by atoms with E-state index < -0.39 is 0 Å². The molecule has 1 amide bonds. The van der Waals surface area contributed by atoms with Crippen molar-refractivity contribution >= 4 is 11.7 Å². The molecule has 25 heteroatoms. The predicted molar refractivity (Wildman–Crippen MR) is 387 cm³/mol. The number of pyridine rings is 1. The highest BCUT2D eigenvalue weighted by atomic mass is 16.2. The zero-order chi connectivity index (χ0) is 72.8. The monoisotopic (exact) mass is 1330 g/mol. The smallest absolute Gasteiger partial charge is 0.355 e. The van der Waals surface area contributed by atoms with E-state index in [0.717, 1.165) is 120 Å². The highest BCUT2D eigenvalue weighted by Gasteiger charge is 2.34. The number of amides is 1. The Morgan fingerprint density at radius 1 is 0.448 bits per heavy atom. The van der Waals surface area contributed by atoms with Crippen molar-refractivity contribution in [3.05, 3.63) is 183 Å². The van der Waals surface area contributed by atoms with Crippen LogP contribution in [-0.2, 0) is 47.1 Å². The minimum atomic E-state index is -0.204. The number of fused-ring (bicyclic) bond motifs is 2. The zero-order valence-electron chi connectivity index (χ0n) is 63.3. The first-order chi connectivity index (χ1) is 44.8. The van der Waals surface area contributed by atoms with Crippen LogP contribution < -0.4 is 16.9 Å². The van der Waals surface area contributed by atoms with Crippen LogP contribution in [0.15, 0.2) is 104 Å². The van der Waals surface area contributed by atoms with Crippen molar-refractivity contribution < 1.29 is 4.79 Å². The van der Waals surface area contributed by atoms with Gasteiger partial charge in [-0.05, 0) is 205 Å². The fourth-order valence-electron chi connectivity index (χ4n) is 11.4. The quantitative estimate of drug-likeness (QED) is 0.142. The number of nitrogens with zero attached hydrogens (tertiary/aromatic N) is 21. The first kappa shape index (κ1) is 79.4. The van der Waals surface area contributed by atoms with Crippen molar-refractivity contribution in [1.82, 2.24) is 98.3 Å². The van der Waals surface area contributed by atoms with Crippen LogP contribution in [0.5, 0.6) is 0 Å². The van der Waals surface area contributed by atoms with Gasteiger partial charge in [-0.2, -0.15) is 24.7 Å². The maximum atomic E-state index is 11.6. The molecular formula is C71H115N21O4. The molecule has 12 rings (SSSR count). The van der Waals surface area contributed by atoms with Gasteiger partial charge in [0.2, 0.25) is 0 Å². The number of allylic oxidation sites excluding steroid dienone is 2. The predicted octanol–water partition coefficient (Wildman–Crippen LogP) is 8.91. The summed E-state index contributed by atoms with van der Waals surface area (Å²) < 4.78 is 8.43. The molecule has 0 aromatic carbocycles. The van der Waals surface area contributed by atoms with Gasteiger partial charge < -0.3 is 19.6 Å². The summed E-state index contributed by atoms with van der Waals surface area (Å²) in [5.41, 5.74) is 19.6. The molecule has 6 aliphatic heterocycles. The van der Waals surface area contributed by atoms with Crippen molar-refractivity contribution in [3.8, 4) is 0 Å². The standard InChI is InChI=1S/C10H18N2.C10H13NO.C10H15N.2C9H15N3.C8H12N2O.C7H12N2.C5H9N3O.C3H6N4O/c1-7-8(2)11(5)10(4)12(6)9(7)3;1-7-8-5-3-4-6-9(8)10(12)11(7)2;1-6-7(2)9(4)11-10(5)8(6)3;1-8-10(3)9(2)12-7-5-4-6-11(8)12;1-8-7-9(10-2)12-6-4-3-5-11(8)12;1-5-6(2)8(11)10(4)9-7(5)3;1-5-6(2)8-9(4)7(5)3;1-4-6-8(3)5(9)7(4)2;1-6-3(8)7(2)5-4-6/h8H,4H2,1-3,5-6H3;1,3-6H2,2H3;1-5H3;1-2,4-7H2,3H3;1,3-7H2,2H3;1-4H3;1-4H3;1-3H3;1-2H3. The first-order valence-electron chi connectivity index (χ1n) is 33.0. The summed E-state index contributed by atoms with van der Waals surface area (Å²) >= 11 is 0. The second-order valence-electron chi connectivity index (χ2n) is 25.5. The summed E-state index contributed by atoms with van der Waals surface area (Å²) in [6.07, 6.45) is 10.4. The molecule has 5 aromatic heterocycles. The van der Waals surface area contributed by atoms with Gasteiger partial charge in [-0.3, -0.25) is 48.9 Å². The fraction of sp³-hybridized carbons (Fsp3) is 0.563. The maximum absolute atomic E-state index is 11.6. The molecule has 0 bridgehead atoms. The Labute approximate surface area is 572 Å². The number of hydrogen-bond acceptors (Lipinski definition) is 17. The summed E-state index contributed by atoms with van der Waals surface area (Å²) in [4.78, 5) is 61.0. The normalized spacial score (nSPS) is 17.5. The third-order valence-electron chi connectivity index (χ3n) is 19.7.